The molecule has 0 saturated carbocycles. The van der Waals surface area contributed by atoms with Crippen LogP contribution >= 0.6 is 23.1 Å². The van der Waals surface area contributed by atoms with Gasteiger partial charge in [0.15, 0.2) is 16.6 Å². The van der Waals surface area contributed by atoms with E-state index in [9.17, 15) is 18.4 Å². The molecule has 0 saturated heterocycles. The molecule has 0 radical (unpaired) electrons. The highest BCUT2D eigenvalue weighted by molar-refractivity contribution is 7.99. The maximum absolute atomic E-state index is 13.1. The van der Waals surface area contributed by atoms with E-state index in [-0.39, 0.29) is 22.9 Å². The van der Waals surface area contributed by atoms with Crippen molar-refractivity contribution in [3.63, 3.8) is 0 Å². The molecule has 9 heteroatoms. The molecule has 0 aliphatic heterocycles. The van der Waals surface area contributed by atoms with Crippen molar-refractivity contribution in [1.82, 2.24) is 9.38 Å². The topological polar surface area (TPSA) is 63.5 Å². The fourth-order valence-corrected chi connectivity index (χ4v) is 3.44. The monoisotopic (exact) mass is 367 g/mol. The van der Waals surface area contributed by atoms with Gasteiger partial charge < -0.3 is 5.32 Å². The number of halogens is 2. The zero-order chi connectivity index (χ0) is 17.1. The Bertz CT molecular complexity index is 955. The van der Waals surface area contributed by atoms with Crippen molar-refractivity contribution >= 4 is 39.7 Å². The summed E-state index contributed by atoms with van der Waals surface area (Å²) >= 11 is 2.63. The van der Waals surface area contributed by atoms with Gasteiger partial charge in [0.2, 0.25) is 5.91 Å². The Kier molecular flexibility index (Phi) is 4.91. The van der Waals surface area contributed by atoms with Crippen molar-refractivity contribution in [2.75, 3.05) is 11.1 Å². The molecular formula is C15H11F2N3O2S2. The van der Waals surface area contributed by atoms with Gasteiger partial charge in [-0.1, -0.05) is 0 Å². The minimum absolute atomic E-state index is 0.102. The second-order valence-electron chi connectivity index (χ2n) is 4.81. The maximum atomic E-state index is 13.1. The number of aromatic nitrogens is 2. The third kappa shape index (κ3) is 3.80. The van der Waals surface area contributed by atoms with Crippen LogP contribution in [0.3, 0.4) is 0 Å². The van der Waals surface area contributed by atoms with Crippen LogP contribution in [0.2, 0.25) is 0 Å². The van der Waals surface area contributed by atoms with Gasteiger partial charge in [0.05, 0.1) is 11.4 Å². The van der Waals surface area contributed by atoms with Gasteiger partial charge in [0, 0.05) is 35.1 Å². The van der Waals surface area contributed by atoms with Gasteiger partial charge in [-0.3, -0.25) is 14.0 Å². The molecule has 0 aliphatic carbocycles. The first kappa shape index (κ1) is 16.6. The van der Waals surface area contributed by atoms with Crippen LogP contribution in [-0.4, -0.2) is 21.0 Å². The highest BCUT2D eigenvalue weighted by Gasteiger charge is 2.08. The normalized spacial score (nSPS) is 10.9. The summed E-state index contributed by atoms with van der Waals surface area (Å²) in [5.41, 5.74) is 0.618. The van der Waals surface area contributed by atoms with Gasteiger partial charge in [0.25, 0.3) is 5.56 Å². The van der Waals surface area contributed by atoms with Crippen LogP contribution in [-0.2, 0) is 10.5 Å². The number of anilines is 1. The van der Waals surface area contributed by atoms with Gasteiger partial charge in [-0.2, -0.15) is 0 Å². The number of hydrogen-bond donors (Lipinski definition) is 1. The average molecular weight is 367 g/mol. The van der Waals surface area contributed by atoms with Gasteiger partial charge >= 0.3 is 0 Å². The lowest BCUT2D eigenvalue weighted by molar-refractivity contribution is -0.113. The van der Waals surface area contributed by atoms with Gasteiger partial charge in [0.1, 0.15) is 0 Å². The summed E-state index contributed by atoms with van der Waals surface area (Å²) in [6, 6.07) is 4.59. The van der Waals surface area contributed by atoms with Crippen LogP contribution in [0.4, 0.5) is 14.5 Å². The summed E-state index contributed by atoms with van der Waals surface area (Å²) in [7, 11) is 0. The molecule has 124 valence electrons. The molecule has 5 nitrogen and oxygen atoms in total. The van der Waals surface area contributed by atoms with Crippen molar-refractivity contribution in [1.29, 1.82) is 0 Å². The van der Waals surface area contributed by atoms with E-state index in [1.54, 1.807) is 11.6 Å². The van der Waals surface area contributed by atoms with Crippen molar-refractivity contribution in [2.24, 2.45) is 0 Å². The number of hydrogen-bond acceptors (Lipinski definition) is 5. The van der Waals surface area contributed by atoms with Crippen molar-refractivity contribution in [3.8, 4) is 0 Å². The van der Waals surface area contributed by atoms with Crippen LogP contribution in [0.1, 0.15) is 5.69 Å². The molecule has 3 aromatic rings. The predicted octanol–water partition coefficient (Wildman–Crippen LogP) is 2.91. The summed E-state index contributed by atoms with van der Waals surface area (Å²) in [6.45, 7) is 0. The quantitative estimate of drug-likeness (QED) is 0.753. The first-order valence-corrected chi connectivity index (χ1v) is 8.85. The number of rotatable bonds is 5. The van der Waals surface area contributed by atoms with Gasteiger partial charge in [-0.15, -0.1) is 23.1 Å². The second kappa shape index (κ2) is 7.10. The van der Waals surface area contributed by atoms with E-state index < -0.39 is 11.6 Å². The number of carbonyl (C=O) groups is 1. The molecule has 0 atom stereocenters. The Morgan fingerprint density at radius 2 is 2.12 bits per heavy atom. The molecule has 1 aromatic carbocycles. The van der Waals surface area contributed by atoms with Crippen LogP contribution < -0.4 is 10.9 Å². The molecule has 0 aliphatic rings. The number of nitrogens with one attached hydrogen (secondary N) is 1. The van der Waals surface area contributed by atoms with Gasteiger partial charge in [-0.05, 0) is 12.1 Å². The van der Waals surface area contributed by atoms with Crippen molar-refractivity contribution in [2.45, 2.75) is 5.75 Å². The Morgan fingerprint density at radius 1 is 1.29 bits per heavy atom. The number of thiazole rings is 1. The molecule has 0 fully saturated rings. The summed E-state index contributed by atoms with van der Waals surface area (Å²) in [6.07, 6.45) is 1.65. The summed E-state index contributed by atoms with van der Waals surface area (Å²) in [5, 5.41) is 4.26. The van der Waals surface area contributed by atoms with E-state index in [0.29, 0.717) is 16.4 Å². The smallest absolute Gasteiger partial charge is 0.258 e. The fraction of sp³-hybridized carbons (Fsp3) is 0.133. The Hall–Kier alpha value is -2.26. The van der Waals surface area contributed by atoms with Crippen LogP contribution in [0.15, 0.2) is 40.6 Å². The largest absolute Gasteiger partial charge is 0.325 e. The molecule has 1 amide bonds. The minimum atomic E-state index is -1.02. The number of nitrogens with zero attached hydrogens (tertiary/aromatic N) is 2. The van der Waals surface area contributed by atoms with Crippen molar-refractivity contribution in [3.05, 3.63) is 63.5 Å². The molecular weight excluding hydrogens is 356 g/mol. The van der Waals surface area contributed by atoms with E-state index in [1.165, 1.54) is 39.6 Å². The van der Waals surface area contributed by atoms with Crippen molar-refractivity contribution < 1.29 is 13.6 Å². The number of amides is 1. The van der Waals surface area contributed by atoms with E-state index in [4.69, 9.17) is 0 Å². The SMILES string of the molecule is O=C(CSCc1cc(=O)n2ccsc2n1)Nc1ccc(F)c(F)c1. The third-order valence-electron chi connectivity index (χ3n) is 3.04. The average Bonchev–Trinajstić information content (AvgIpc) is 3.00. The molecule has 2 aromatic heterocycles. The van der Waals surface area contributed by atoms with E-state index >= 15 is 0 Å². The lowest BCUT2D eigenvalue weighted by Gasteiger charge is -2.05. The molecule has 3 rings (SSSR count). The molecule has 2 heterocycles. The van der Waals surface area contributed by atoms with Crippen LogP contribution in [0, 0.1) is 11.6 Å². The van der Waals surface area contributed by atoms with E-state index in [0.717, 1.165) is 12.1 Å². The van der Waals surface area contributed by atoms with Crippen LogP contribution in [0.5, 0.6) is 0 Å². The number of carbonyl (C=O) groups excluding carboxylic acids is 1. The number of fused-ring (bicyclic) bond motifs is 1. The summed E-state index contributed by atoms with van der Waals surface area (Å²) in [4.78, 5) is 28.6. The number of benzene rings is 1. The lowest BCUT2D eigenvalue weighted by atomic mass is 10.3. The first-order chi connectivity index (χ1) is 11.5. The summed E-state index contributed by atoms with van der Waals surface area (Å²) in [5.74, 6) is -1.84. The molecule has 0 bridgehead atoms. The number of thioether (sulfide) groups is 1. The van der Waals surface area contributed by atoms with E-state index in [2.05, 4.69) is 10.3 Å². The van der Waals surface area contributed by atoms with E-state index in [1.807, 2.05) is 0 Å². The highest BCUT2D eigenvalue weighted by Crippen LogP contribution is 2.15. The Morgan fingerprint density at radius 3 is 2.92 bits per heavy atom. The predicted molar refractivity (Wildman–Crippen MR) is 90.5 cm³/mol. The maximum Gasteiger partial charge on any atom is 0.258 e. The first-order valence-electron chi connectivity index (χ1n) is 6.81. The Balaban J connectivity index is 1.56. The molecule has 1 N–H and O–H groups in total. The molecule has 0 spiro atoms. The van der Waals surface area contributed by atoms with Gasteiger partial charge in [-0.25, -0.2) is 13.8 Å². The summed E-state index contributed by atoms with van der Waals surface area (Å²) < 4.78 is 27.3. The zero-order valence-corrected chi connectivity index (χ0v) is 13.8. The lowest BCUT2D eigenvalue weighted by Crippen LogP contribution is -2.15. The molecule has 0 unspecified atom stereocenters. The minimum Gasteiger partial charge on any atom is -0.325 e. The highest BCUT2D eigenvalue weighted by atomic mass is 32.2. The van der Waals surface area contributed by atoms with Crippen LogP contribution in [0.25, 0.3) is 4.96 Å². The Labute approximate surface area is 143 Å². The molecule has 24 heavy (non-hydrogen) atoms. The zero-order valence-electron chi connectivity index (χ0n) is 12.2. The standard InChI is InChI=1S/C15H11F2N3O2S2/c16-11-2-1-9(5-12(11)17)18-13(21)8-23-7-10-6-14(22)20-3-4-24-15(20)19-10/h1-6H,7-8H2,(H,18,21). The fourth-order valence-electron chi connectivity index (χ4n) is 1.98. The third-order valence-corrected chi connectivity index (χ3v) is 4.77. The second-order valence-corrected chi connectivity index (χ2v) is 6.67.